The highest BCUT2D eigenvalue weighted by Gasteiger charge is 2.16. The fourth-order valence-corrected chi connectivity index (χ4v) is 4.18. The van der Waals surface area contributed by atoms with Crippen LogP contribution in [0.1, 0.15) is 41.4 Å². The Hall–Kier alpha value is -2.62. The van der Waals surface area contributed by atoms with E-state index in [1.807, 2.05) is 59.3 Å². The number of hydrogen-bond acceptors (Lipinski definition) is 6. The zero-order valence-corrected chi connectivity index (χ0v) is 24.3. The minimum absolute atomic E-state index is 0. The van der Waals surface area contributed by atoms with Crippen molar-refractivity contribution in [3.8, 4) is 11.1 Å². The van der Waals surface area contributed by atoms with E-state index in [-0.39, 0.29) is 30.4 Å². The Balaban J connectivity index is 0.00000361. The van der Waals surface area contributed by atoms with E-state index in [2.05, 4.69) is 36.6 Å². The van der Waals surface area contributed by atoms with Crippen LogP contribution in [-0.4, -0.2) is 45.3 Å². The van der Waals surface area contributed by atoms with Crippen LogP contribution in [0.5, 0.6) is 0 Å². The number of carbonyl (C=O) groups is 1. The molecule has 4 N–H and O–H groups in total. The van der Waals surface area contributed by atoms with Crippen LogP contribution in [0, 0.1) is 5.92 Å². The van der Waals surface area contributed by atoms with Gasteiger partial charge in [-0.05, 0) is 53.3 Å². The molecule has 3 aromatic carbocycles. The van der Waals surface area contributed by atoms with E-state index in [0.29, 0.717) is 24.7 Å². The minimum Gasteiger partial charge on any atom is -0.387 e. The van der Waals surface area contributed by atoms with Gasteiger partial charge in [-0.2, -0.15) is 0 Å². The van der Waals surface area contributed by atoms with Crippen molar-refractivity contribution in [3.63, 3.8) is 0 Å². The number of sulfonamides is 1. The first kappa shape index (κ1) is 33.4. The molecule has 0 aromatic heterocycles. The number of hydrogen-bond donors (Lipinski definition) is 4. The van der Waals surface area contributed by atoms with Gasteiger partial charge in [0, 0.05) is 18.8 Å². The average molecular weight is 583 g/mol. The molecule has 3 aromatic rings. The van der Waals surface area contributed by atoms with Gasteiger partial charge in [0.15, 0.2) is 0 Å². The molecule has 10 heteroatoms. The molecule has 38 heavy (non-hydrogen) atoms. The normalized spacial score (nSPS) is 11.7. The van der Waals surface area contributed by atoms with Crippen LogP contribution in [0.25, 0.3) is 11.1 Å². The first-order chi connectivity index (χ1) is 17.1. The predicted molar refractivity (Wildman–Crippen MR) is 160 cm³/mol. The molecule has 208 valence electrons. The lowest BCUT2D eigenvalue weighted by molar-refractivity contribution is 0.0982. The Morgan fingerprint density at radius 1 is 0.895 bits per heavy atom. The van der Waals surface area contributed by atoms with Gasteiger partial charge in [0.2, 0.25) is 10.0 Å². The lowest BCUT2D eigenvalue weighted by atomic mass is 10.00. The van der Waals surface area contributed by atoms with Crippen LogP contribution in [-0.2, 0) is 16.4 Å². The first-order valence-corrected chi connectivity index (χ1v) is 13.9. The van der Waals surface area contributed by atoms with Gasteiger partial charge in [-0.15, -0.1) is 24.8 Å². The second-order valence-corrected chi connectivity index (χ2v) is 11.1. The molecule has 3 rings (SSSR count). The van der Waals surface area contributed by atoms with Crippen LogP contribution < -0.4 is 15.4 Å². The van der Waals surface area contributed by atoms with E-state index in [9.17, 15) is 18.3 Å². The third kappa shape index (κ3) is 10.6. The van der Waals surface area contributed by atoms with E-state index in [1.54, 1.807) is 6.07 Å². The Bertz CT molecular complexity index is 1250. The molecule has 0 unspecified atom stereocenters. The van der Waals surface area contributed by atoms with Crippen molar-refractivity contribution in [1.29, 1.82) is 0 Å². The highest BCUT2D eigenvalue weighted by atomic mass is 35.5. The molecule has 0 radical (unpaired) electrons. The van der Waals surface area contributed by atoms with E-state index >= 15 is 0 Å². The van der Waals surface area contributed by atoms with Gasteiger partial charge in [-0.1, -0.05) is 74.5 Å². The second kappa shape index (κ2) is 15.7. The van der Waals surface area contributed by atoms with E-state index in [4.69, 9.17) is 0 Å². The number of carbonyl (C=O) groups excluding carboxylic acids is 1. The highest BCUT2D eigenvalue weighted by Crippen LogP contribution is 2.27. The quantitative estimate of drug-likeness (QED) is 0.228. The number of aliphatic hydroxyl groups is 1. The van der Waals surface area contributed by atoms with Crippen molar-refractivity contribution >= 4 is 46.4 Å². The van der Waals surface area contributed by atoms with Crippen molar-refractivity contribution in [1.82, 2.24) is 10.0 Å². The summed E-state index contributed by atoms with van der Waals surface area (Å²) in [7, 11) is -3.66. The molecule has 7 nitrogen and oxygen atoms in total. The molecule has 0 aliphatic rings. The summed E-state index contributed by atoms with van der Waals surface area (Å²) < 4.78 is 25.1. The number of nitrogens with one attached hydrogen (secondary N) is 3. The molecule has 0 heterocycles. The lowest BCUT2D eigenvalue weighted by Crippen LogP contribution is -2.30. The van der Waals surface area contributed by atoms with Gasteiger partial charge in [0.25, 0.3) is 5.91 Å². The van der Waals surface area contributed by atoms with Gasteiger partial charge in [0.1, 0.15) is 0 Å². The van der Waals surface area contributed by atoms with Crippen molar-refractivity contribution in [3.05, 3.63) is 89.5 Å². The maximum Gasteiger partial charge on any atom is 0.266 e. The van der Waals surface area contributed by atoms with Crippen molar-refractivity contribution in [2.24, 2.45) is 5.92 Å². The molecule has 0 saturated carbocycles. The monoisotopic (exact) mass is 581 g/mol. The number of aliphatic hydroxyl groups excluding tert-OH is 1. The number of benzene rings is 3. The molecule has 0 aliphatic carbocycles. The second-order valence-electron chi connectivity index (χ2n) is 9.32. The summed E-state index contributed by atoms with van der Waals surface area (Å²) in [6.45, 7) is 6.00. The predicted octanol–water partition coefficient (Wildman–Crippen LogP) is 4.82. The van der Waals surface area contributed by atoms with Crippen LogP contribution in [0.2, 0.25) is 0 Å². The van der Waals surface area contributed by atoms with Crippen molar-refractivity contribution in [2.45, 2.75) is 26.4 Å². The summed E-state index contributed by atoms with van der Waals surface area (Å²) in [6.07, 6.45) is 1.26. The standard InChI is InChI=1S/C28H35N3O4S.2ClH/c1-20(2)18-30-26-17-24(13-14-25(26)28(33)31-36(3,34)35)22-11-9-21(10-12-22)15-16-29-19-27(32)23-7-5-4-6-8-23;;/h4-14,17,20,27,29-30,32H,15-16,18-19H2,1-3H3,(H,31,33);2*1H/t27-;;/m1../s1. The number of amides is 1. The topological polar surface area (TPSA) is 108 Å². The number of anilines is 1. The Kier molecular flexibility index (Phi) is 13.8. The molecule has 0 aliphatic heterocycles. The summed E-state index contributed by atoms with van der Waals surface area (Å²) in [5.41, 5.74) is 4.86. The first-order valence-electron chi connectivity index (χ1n) is 12.1. The molecular formula is C28H37Cl2N3O4S. The zero-order valence-electron chi connectivity index (χ0n) is 21.8. The van der Waals surface area contributed by atoms with Crippen LogP contribution in [0.4, 0.5) is 5.69 Å². The maximum atomic E-state index is 12.5. The average Bonchev–Trinajstić information content (AvgIpc) is 2.85. The zero-order chi connectivity index (χ0) is 26.1. The van der Waals surface area contributed by atoms with Crippen LogP contribution in [0.3, 0.4) is 0 Å². The maximum absolute atomic E-state index is 12.5. The highest BCUT2D eigenvalue weighted by molar-refractivity contribution is 7.89. The van der Waals surface area contributed by atoms with E-state index < -0.39 is 22.0 Å². The van der Waals surface area contributed by atoms with Crippen LogP contribution >= 0.6 is 24.8 Å². The smallest absolute Gasteiger partial charge is 0.266 e. The van der Waals surface area contributed by atoms with Gasteiger partial charge < -0.3 is 15.7 Å². The van der Waals surface area contributed by atoms with Crippen molar-refractivity contribution in [2.75, 3.05) is 31.2 Å². The molecule has 0 saturated heterocycles. The third-order valence-corrected chi connectivity index (χ3v) is 6.20. The summed E-state index contributed by atoms with van der Waals surface area (Å²) in [5, 5.41) is 16.8. The van der Waals surface area contributed by atoms with Gasteiger partial charge in [-0.25, -0.2) is 13.1 Å². The molecule has 0 spiro atoms. The minimum atomic E-state index is -3.66. The lowest BCUT2D eigenvalue weighted by Gasteiger charge is -2.15. The third-order valence-electron chi connectivity index (χ3n) is 5.64. The Labute approximate surface area is 238 Å². The largest absolute Gasteiger partial charge is 0.387 e. The van der Waals surface area contributed by atoms with E-state index in [1.165, 1.54) is 5.56 Å². The Morgan fingerprint density at radius 3 is 2.13 bits per heavy atom. The number of rotatable bonds is 12. The molecular weight excluding hydrogens is 545 g/mol. The fraction of sp³-hybridized carbons (Fsp3) is 0.321. The van der Waals surface area contributed by atoms with Gasteiger partial charge >= 0.3 is 0 Å². The van der Waals surface area contributed by atoms with Gasteiger partial charge in [-0.3, -0.25) is 4.79 Å². The SMILES string of the molecule is CC(C)CNc1cc(-c2ccc(CCNC[C@@H](O)c3ccccc3)cc2)ccc1C(=O)NS(C)(=O)=O.Cl.Cl. The fourth-order valence-electron chi connectivity index (χ4n) is 3.73. The van der Waals surface area contributed by atoms with E-state index in [0.717, 1.165) is 35.9 Å². The van der Waals surface area contributed by atoms with Gasteiger partial charge in [0.05, 0.1) is 17.9 Å². The molecule has 1 atom stereocenters. The Morgan fingerprint density at radius 2 is 1.53 bits per heavy atom. The van der Waals surface area contributed by atoms with Crippen molar-refractivity contribution < 1.29 is 18.3 Å². The summed E-state index contributed by atoms with van der Waals surface area (Å²) in [4.78, 5) is 12.5. The summed E-state index contributed by atoms with van der Waals surface area (Å²) in [5.74, 6) is -0.309. The summed E-state index contributed by atoms with van der Waals surface area (Å²) in [6, 6.07) is 23.1. The number of halogens is 2. The molecule has 0 fully saturated rings. The summed E-state index contributed by atoms with van der Waals surface area (Å²) >= 11 is 0. The van der Waals surface area contributed by atoms with Crippen LogP contribution in [0.15, 0.2) is 72.8 Å². The molecule has 1 amide bonds. The molecule has 0 bridgehead atoms.